The number of hydrogen-bond acceptors (Lipinski definition) is 1. The van der Waals surface area contributed by atoms with E-state index in [-0.39, 0.29) is 0 Å². The van der Waals surface area contributed by atoms with Crippen LogP contribution in [0.5, 0.6) is 0 Å². The SMILES string of the molecule is CC(C)/C=C/CCCC[C]=O. The predicted octanol–water partition coefficient (Wildman–Crippen LogP) is 2.87. The average molecular weight is 153 g/mol. The maximum atomic E-state index is 9.80. The van der Waals surface area contributed by atoms with Crippen molar-refractivity contribution < 1.29 is 4.79 Å². The summed E-state index contributed by atoms with van der Waals surface area (Å²) in [5.41, 5.74) is 0. The maximum Gasteiger partial charge on any atom is 0.198 e. The highest BCUT2D eigenvalue weighted by Gasteiger charge is 1.86. The first-order valence-corrected chi connectivity index (χ1v) is 4.29. The van der Waals surface area contributed by atoms with Crippen LogP contribution in [-0.2, 0) is 4.79 Å². The lowest BCUT2D eigenvalue weighted by atomic mass is 10.1. The Morgan fingerprint density at radius 1 is 1.36 bits per heavy atom. The molecular weight excluding hydrogens is 136 g/mol. The van der Waals surface area contributed by atoms with Gasteiger partial charge in [-0.1, -0.05) is 26.0 Å². The van der Waals surface area contributed by atoms with Crippen molar-refractivity contribution in [2.45, 2.75) is 39.5 Å². The molecule has 0 aromatic rings. The van der Waals surface area contributed by atoms with E-state index >= 15 is 0 Å². The molecule has 0 aliphatic rings. The molecule has 0 aliphatic carbocycles. The Labute approximate surface area is 69.5 Å². The number of carbonyl (C=O) groups excluding carboxylic acids is 1. The van der Waals surface area contributed by atoms with E-state index in [9.17, 15) is 4.79 Å². The van der Waals surface area contributed by atoms with E-state index in [2.05, 4.69) is 26.0 Å². The second-order valence-electron chi connectivity index (χ2n) is 3.06. The predicted molar refractivity (Wildman–Crippen MR) is 48.1 cm³/mol. The molecule has 0 unspecified atom stereocenters. The van der Waals surface area contributed by atoms with Crippen LogP contribution in [-0.4, -0.2) is 6.29 Å². The first-order valence-electron chi connectivity index (χ1n) is 4.29. The standard InChI is InChI=1S/C10H17O/c1-10(2)8-6-4-3-5-7-9-11/h6,8,10H,3-5,7H2,1-2H3/b8-6+. The van der Waals surface area contributed by atoms with Gasteiger partial charge in [-0.15, -0.1) is 0 Å². The number of allylic oxidation sites excluding steroid dienone is 2. The zero-order chi connectivity index (χ0) is 8.53. The fourth-order valence-electron chi connectivity index (χ4n) is 0.828. The summed E-state index contributed by atoms with van der Waals surface area (Å²) in [6.07, 6.45) is 10.1. The number of unbranched alkanes of at least 4 members (excludes halogenated alkanes) is 3. The molecule has 0 saturated heterocycles. The molecule has 0 bridgehead atoms. The zero-order valence-corrected chi connectivity index (χ0v) is 7.47. The first kappa shape index (κ1) is 10.4. The molecule has 0 fully saturated rings. The van der Waals surface area contributed by atoms with Crippen molar-refractivity contribution in [2.75, 3.05) is 0 Å². The average Bonchev–Trinajstić information content (AvgIpc) is 1.96. The molecule has 0 spiro atoms. The van der Waals surface area contributed by atoms with E-state index in [1.165, 1.54) is 0 Å². The van der Waals surface area contributed by atoms with E-state index in [1.54, 1.807) is 0 Å². The van der Waals surface area contributed by atoms with Crippen LogP contribution in [0.4, 0.5) is 0 Å². The molecule has 1 radical (unpaired) electrons. The smallest absolute Gasteiger partial charge is 0.198 e. The van der Waals surface area contributed by atoms with Crippen LogP contribution in [0.3, 0.4) is 0 Å². The van der Waals surface area contributed by atoms with Crippen LogP contribution in [0.25, 0.3) is 0 Å². The highest BCUT2D eigenvalue weighted by atomic mass is 16.1. The van der Waals surface area contributed by atoms with Gasteiger partial charge in [0.1, 0.15) is 0 Å². The van der Waals surface area contributed by atoms with Crippen molar-refractivity contribution in [3.63, 3.8) is 0 Å². The van der Waals surface area contributed by atoms with E-state index in [0.29, 0.717) is 12.3 Å². The second-order valence-corrected chi connectivity index (χ2v) is 3.06. The van der Waals surface area contributed by atoms with Crippen LogP contribution < -0.4 is 0 Å². The molecule has 1 heteroatoms. The molecule has 0 heterocycles. The molecule has 0 saturated carbocycles. The summed E-state index contributed by atoms with van der Waals surface area (Å²) < 4.78 is 0. The van der Waals surface area contributed by atoms with Gasteiger partial charge in [-0.05, 0) is 25.2 Å². The lowest BCUT2D eigenvalue weighted by Gasteiger charge is -1.93. The number of rotatable bonds is 6. The van der Waals surface area contributed by atoms with Crippen molar-refractivity contribution >= 4 is 6.29 Å². The van der Waals surface area contributed by atoms with Crippen molar-refractivity contribution in [3.05, 3.63) is 12.2 Å². The molecule has 11 heavy (non-hydrogen) atoms. The molecule has 0 aromatic carbocycles. The molecule has 0 N–H and O–H groups in total. The Bertz CT molecular complexity index is 114. The van der Waals surface area contributed by atoms with E-state index in [0.717, 1.165) is 19.3 Å². The fraction of sp³-hybridized carbons (Fsp3) is 0.700. The van der Waals surface area contributed by atoms with Gasteiger partial charge in [0, 0.05) is 6.42 Å². The lowest BCUT2D eigenvalue weighted by Crippen LogP contribution is -1.79. The summed E-state index contributed by atoms with van der Waals surface area (Å²) in [5, 5.41) is 0. The van der Waals surface area contributed by atoms with Crippen LogP contribution in [0.15, 0.2) is 12.2 Å². The van der Waals surface area contributed by atoms with Gasteiger partial charge in [-0.3, -0.25) is 4.79 Å². The van der Waals surface area contributed by atoms with E-state index in [1.807, 2.05) is 6.29 Å². The van der Waals surface area contributed by atoms with Gasteiger partial charge < -0.3 is 0 Å². The molecular formula is C10H17O. The minimum atomic E-state index is 0.593. The van der Waals surface area contributed by atoms with Crippen molar-refractivity contribution in [3.8, 4) is 0 Å². The minimum absolute atomic E-state index is 0.593. The summed E-state index contributed by atoms with van der Waals surface area (Å²) in [7, 11) is 0. The van der Waals surface area contributed by atoms with Crippen molar-refractivity contribution in [2.24, 2.45) is 5.92 Å². The molecule has 0 rings (SSSR count). The molecule has 0 aliphatic heterocycles. The second kappa shape index (κ2) is 7.52. The van der Waals surface area contributed by atoms with Gasteiger partial charge in [0.15, 0.2) is 6.29 Å². The van der Waals surface area contributed by atoms with Gasteiger partial charge in [0.2, 0.25) is 0 Å². The van der Waals surface area contributed by atoms with Crippen molar-refractivity contribution in [1.29, 1.82) is 0 Å². The minimum Gasteiger partial charge on any atom is -0.291 e. The largest absolute Gasteiger partial charge is 0.291 e. The Morgan fingerprint density at radius 2 is 2.09 bits per heavy atom. The lowest BCUT2D eigenvalue weighted by molar-refractivity contribution is 0.547. The van der Waals surface area contributed by atoms with E-state index < -0.39 is 0 Å². The summed E-state index contributed by atoms with van der Waals surface area (Å²) >= 11 is 0. The highest BCUT2D eigenvalue weighted by Crippen LogP contribution is 2.01. The third-order valence-corrected chi connectivity index (χ3v) is 1.42. The fourth-order valence-corrected chi connectivity index (χ4v) is 0.828. The monoisotopic (exact) mass is 153 g/mol. The van der Waals surface area contributed by atoms with Crippen LogP contribution in [0.2, 0.25) is 0 Å². The van der Waals surface area contributed by atoms with Gasteiger partial charge in [0.05, 0.1) is 0 Å². The Kier molecular flexibility index (Phi) is 7.11. The Hall–Kier alpha value is -0.590. The third kappa shape index (κ3) is 9.41. The summed E-state index contributed by atoms with van der Waals surface area (Å²) in [4.78, 5) is 9.80. The Balaban J connectivity index is 3.07. The molecule has 1 nitrogen and oxygen atoms in total. The van der Waals surface area contributed by atoms with Crippen molar-refractivity contribution in [1.82, 2.24) is 0 Å². The maximum absolute atomic E-state index is 9.80. The van der Waals surface area contributed by atoms with Crippen LogP contribution >= 0.6 is 0 Å². The Morgan fingerprint density at radius 3 is 2.64 bits per heavy atom. The molecule has 0 aromatic heterocycles. The quantitative estimate of drug-likeness (QED) is 0.423. The molecule has 0 atom stereocenters. The van der Waals surface area contributed by atoms with Crippen LogP contribution in [0.1, 0.15) is 39.5 Å². The summed E-state index contributed by atoms with van der Waals surface area (Å²) in [5.74, 6) is 0.646. The highest BCUT2D eigenvalue weighted by molar-refractivity contribution is 5.50. The normalized spacial score (nSPS) is 11.2. The summed E-state index contributed by atoms with van der Waals surface area (Å²) in [6.45, 7) is 4.32. The van der Waals surface area contributed by atoms with Crippen LogP contribution in [0, 0.1) is 5.92 Å². The molecule has 0 amide bonds. The number of hydrogen-bond donors (Lipinski definition) is 0. The topological polar surface area (TPSA) is 17.1 Å². The van der Waals surface area contributed by atoms with Gasteiger partial charge in [-0.25, -0.2) is 0 Å². The first-order chi connectivity index (χ1) is 5.27. The van der Waals surface area contributed by atoms with Gasteiger partial charge >= 0.3 is 0 Å². The zero-order valence-electron chi connectivity index (χ0n) is 7.47. The third-order valence-electron chi connectivity index (χ3n) is 1.42. The van der Waals surface area contributed by atoms with Gasteiger partial charge in [-0.2, -0.15) is 0 Å². The van der Waals surface area contributed by atoms with Gasteiger partial charge in [0.25, 0.3) is 0 Å². The summed E-state index contributed by atoms with van der Waals surface area (Å²) in [6, 6.07) is 0. The van der Waals surface area contributed by atoms with E-state index in [4.69, 9.17) is 0 Å². The molecule has 63 valence electrons.